The lowest BCUT2D eigenvalue weighted by Crippen LogP contribution is -2.18. The maximum atomic E-state index is 6.50. The molecule has 0 saturated heterocycles. The lowest BCUT2D eigenvalue weighted by atomic mass is 9.85. The normalized spacial score (nSPS) is 13.7. The van der Waals surface area contributed by atoms with E-state index in [1.807, 2.05) is 12.1 Å². The molecular weight excluding hydrogens is 550 g/mol. The number of aromatic nitrogens is 3. The van der Waals surface area contributed by atoms with E-state index in [1.165, 1.54) is 32.7 Å². The molecule has 0 radical (unpaired) electrons. The standard InChI is InChI=1S/C41H27N3O/c1-41(2)32-19-8-5-16-29(32)36-38(41)42-39(30-18-11-17-28-27-15-7-10-21-35(27)45-37(28)30)43-40(36)44-33-20-9-6-14-26(33)31-22-24-12-3-4-13-25(24)23-34(31)44/h3-23H,1-2H3. The highest BCUT2D eigenvalue weighted by atomic mass is 16.3. The van der Waals surface area contributed by atoms with Crippen LogP contribution in [-0.2, 0) is 5.41 Å². The predicted octanol–water partition coefficient (Wildman–Crippen LogP) is 10.6. The molecule has 45 heavy (non-hydrogen) atoms. The predicted molar refractivity (Wildman–Crippen MR) is 184 cm³/mol. The summed E-state index contributed by atoms with van der Waals surface area (Å²) in [6, 6.07) is 45.1. The fraction of sp³-hybridized carbons (Fsp3) is 0.0732. The van der Waals surface area contributed by atoms with E-state index in [1.54, 1.807) is 0 Å². The number of para-hydroxylation sites is 3. The van der Waals surface area contributed by atoms with Gasteiger partial charge < -0.3 is 4.42 Å². The minimum absolute atomic E-state index is 0.314. The molecule has 4 heteroatoms. The largest absolute Gasteiger partial charge is 0.455 e. The zero-order chi connectivity index (χ0) is 29.9. The minimum Gasteiger partial charge on any atom is -0.455 e. The van der Waals surface area contributed by atoms with E-state index in [2.05, 4.69) is 134 Å². The van der Waals surface area contributed by atoms with Crippen molar-refractivity contribution in [2.75, 3.05) is 0 Å². The summed E-state index contributed by atoms with van der Waals surface area (Å²) in [6.07, 6.45) is 0. The van der Waals surface area contributed by atoms with Gasteiger partial charge in [0.15, 0.2) is 5.82 Å². The van der Waals surface area contributed by atoms with Crippen molar-refractivity contribution in [1.29, 1.82) is 0 Å². The van der Waals surface area contributed by atoms with Gasteiger partial charge in [-0.25, -0.2) is 9.97 Å². The fourth-order valence-electron chi connectivity index (χ4n) is 7.61. The Balaban J connectivity index is 1.38. The van der Waals surface area contributed by atoms with Gasteiger partial charge in [0.05, 0.1) is 22.3 Å². The minimum atomic E-state index is -0.314. The summed E-state index contributed by atoms with van der Waals surface area (Å²) in [4.78, 5) is 10.9. The molecule has 0 fully saturated rings. The molecule has 9 aromatic rings. The van der Waals surface area contributed by atoms with Gasteiger partial charge in [-0.05, 0) is 52.2 Å². The van der Waals surface area contributed by atoms with Gasteiger partial charge in [-0.15, -0.1) is 0 Å². The molecular formula is C41H27N3O. The summed E-state index contributed by atoms with van der Waals surface area (Å²) in [6.45, 7) is 4.55. The first-order chi connectivity index (χ1) is 22.1. The number of hydrogen-bond acceptors (Lipinski definition) is 3. The SMILES string of the molecule is CC1(C)c2ccccc2-c2c(-n3c4ccccc4c4cc5ccccc5cc43)nc(-c3cccc4c3oc3ccccc34)nc21. The molecule has 0 aliphatic heterocycles. The molecule has 0 N–H and O–H groups in total. The van der Waals surface area contributed by atoms with Crippen molar-refractivity contribution < 1.29 is 4.42 Å². The van der Waals surface area contributed by atoms with Gasteiger partial charge in [-0.1, -0.05) is 111 Å². The number of nitrogens with zero attached hydrogens (tertiary/aromatic N) is 3. The third-order valence-corrected chi connectivity index (χ3v) is 9.75. The van der Waals surface area contributed by atoms with Crippen LogP contribution in [0.4, 0.5) is 0 Å². The van der Waals surface area contributed by atoms with E-state index in [-0.39, 0.29) is 5.41 Å². The highest BCUT2D eigenvalue weighted by Crippen LogP contribution is 2.51. The number of benzene rings is 6. The van der Waals surface area contributed by atoms with Crippen LogP contribution in [0, 0.1) is 0 Å². The summed E-state index contributed by atoms with van der Waals surface area (Å²) in [5.41, 5.74) is 9.08. The van der Waals surface area contributed by atoms with Crippen LogP contribution in [0.3, 0.4) is 0 Å². The molecule has 0 saturated carbocycles. The second kappa shape index (κ2) is 8.67. The van der Waals surface area contributed by atoms with Crippen molar-refractivity contribution in [1.82, 2.24) is 14.5 Å². The van der Waals surface area contributed by atoms with E-state index >= 15 is 0 Å². The summed E-state index contributed by atoms with van der Waals surface area (Å²) in [7, 11) is 0. The lowest BCUT2D eigenvalue weighted by Gasteiger charge is -2.21. The zero-order valence-corrected chi connectivity index (χ0v) is 24.9. The third kappa shape index (κ3) is 3.26. The molecule has 3 heterocycles. The van der Waals surface area contributed by atoms with Gasteiger partial charge in [-0.2, -0.15) is 0 Å². The smallest absolute Gasteiger partial charge is 0.165 e. The molecule has 0 bridgehead atoms. The first-order valence-corrected chi connectivity index (χ1v) is 15.4. The van der Waals surface area contributed by atoms with Crippen molar-refractivity contribution in [3.63, 3.8) is 0 Å². The van der Waals surface area contributed by atoms with Crippen molar-refractivity contribution in [3.8, 4) is 28.3 Å². The molecule has 4 nitrogen and oxygen atoms in total. The van der Waals surface area contributed by atoms with Gasteiger partial charge in [0, 0.05) is 32.5 Å². The molecule has 1 aliphatic rings. The quantitative estimate of drug-likeness (QED) is 0.205. The maximum absolute atomic E-state index is 6.50. The Bertz CT molecular complexity index is 2690. The summed E-state index contributed by atoms with van der Waals surface area (Å²) < 4.78 is 8.86. The molecule has 0 amide bonds. The van der Waals surface area contributed by atoms with Gasteiger partial charge in [0.1, 0.15) is 17.0 Å². The Kier molecular flexibility index (Phi) is 4.76. The Morgan fingerprint density at radius 3 is 2.16 bits per heavy atom. The summed E-state index contributed by atoms with van der Waals surface area (Å²) in [5, 5.41) is 7.01. The summed E-state index contributed by atoms with van der Waals surface area (Å²) >= 11 is 0. The Morgan fingerprint density at radius 1 is 0.578 bits per heavy atom. The van der Waals surface area contributed by atoms with E-state index < -0.39 is 0 Å². The number of rotatable bonds is 2. The lowest BCUT2D eigenvalue weighted by molar-refractivity contribution is 0.634. The van der Waals surface area contributed by atoms with Crippen molar-refractivity contribution in [2.45, 2.75) is 19.3 Å². The summed E-state index contributed by atoms with van der Waals surface area (Å²) in [5.74, 6) is 1.56. The molecule has 0 atom stereocenters. The van der Waals surface area contributed by atoms with Crippen molar-refractivity contribution in [3.05, 3.63) is 139 Å². The first-order valence-electron chi connectivity index (χ1n) is 15.4. The van der Waals surface area contributed by atoms with Gasteiger partial charge in [0.2, 0.25) is 0 Å². The van der Waals surface area contributed by atoms with E-state index in [0.29, 0.717) is 5.82 Å². The van der Waals surface area contributed by atoms with E-state index in [9.17, 15) is 0 Å². The van der Waals surface area contributed by atoms with Crippen LogP contribution in [0.2, 0.25) is 0 Å². The highest BCUT2D eigenvalue weighted by Gasteiger charge is 2.40. The molecule has 212 valence electrons. The van der Waals surface area contributed by atoms with Crippen LogP contribution in [0.25, 0.3) is 82.8 Å². The van der Waals surface area contributed by atoms with Crippen LogP contribution in [-0.4, -0.2) is 14.5 Å². The average Bonchev–Trinajstić information content (AvgIpc) is 3.69. The van der Waals surface area contributed by atoms with Crippen molar-refractivity contribution in [2.24, 2.45) is 0 Å². The van der Waals surface area contributed by atoms with E-state index in [0.717, 1.165) is 55.6 Å². The molecule has 3 aromatic heterocycles. The topological polar surface area (TPSA) is 43.9 Å². The van der Waals surface area contributed by atoms with Crippen LogP contribution in [0.15, 0.2) is 132 Å². The molecule has 0 unspecified atom stereocenters. The Hall–Kier alpha value is -5.74. The first kappa shape index (κ1) is 24.7. The van der Waals surface area contributed by atoms with Crippen LogP contribution >= 0.6 is 0 Å². The fourth-order valence-corrected chi connectivity index (χ4v) is 7.61. The van der Waals surface area contributed by atoms with Crippen LogP contribution in [0.5, 0.6) is 0 Å². The average molecular weight is 578 g/mol. The Labute approximate surface area is 259 Å². The highest BCUT2D eigenvalue weighted by molar-refractivity contribution is 6.14. The molecule has 1 aliphatic carbocycles. The second-order valence-corrected chi connectivity index (χ2v) is 12.6. The molecule has 0 spiro atoms. The number of fused-ring (bicyclic) bond motifs is 10. The van der Waals surface area contributed by atoms with Gasteiger partial charge in [-0.3, -0.25) is 4.57 Å². The molecule has 10 rings (SSSR count). The van der Waals surface area contributed by atoms with Crippen LogP contribution < -0.4 is 0 Å². The maximum Gasteiger partial charge on any atom is 0.165 e. The molecule has 6 aromatic carbocycles. The van der Waals surface area contributed by atoms with E-state index in [4.69, 9.17) is 14.4 Å². The van der Waals surface area contributed by atoms with Crippen molar-refractivity contribution >= 4 is 54.5 Å². The zero-order valence-electron chi connectivity index (χ0n) is 24.9. The van der Waals surface area contributed by atoms with Crippen LogP contribution in [0.1, 0.15) is 25.1 Å². The monoisotopic (exact) mass is 577 g/mol. The second-order valence-electron chi connectivity index (χ2n) is 12.6. The number of furan rings is 1. The third-order valence-electron chi connectivity index (χ3n) is 9.75. The van der Waals surface area contributed by atoms with Gasteiger partial charge >= 0.3 is 0 Å². The van der Waals surface area contributed by atoms with Gasteiger partial charge in [0.25, 0.3) is 0 Å². The number of hydrogen-bond donors (Lipinski definition) is 0. The Morgan fingerprint density at radius 2 is 1.27 bits per heavy atom.